The molecule has 0 atom stereocenters. The quantitative estimate of drug-likeness (QED) is 0.106. The maximum absolute atomic E-state index is 13.2. The number of nitrogens with zero attached hydrogens (tertiary/aromatic N) is 5. The fourth-order valence-electron chi connectivity index (χ4n) is 4.54. The highest BCUT2D eigenvalue weighted by atomic mass is 32.1. The molecule has 0 fully saturated rings. The number of amides is 2. The summed E-state index contributed by atoms with van der Waals surface area (Å²) >= 11 is 1.28. The van der Waals surface area contributed by atoms with E-state index in [2.05, 4.69) is 30.4 Å². The van der Waals surface area contributed by atoms with Crippen molar-refractivity contribution in [3.8, 4) is 5.75 Å². The first-order valence-electron chi connectivity index (χ1n) is 15.2. The first kappa shape index (κ1) is 35.2. The second-order valence-corrected chi connectivity index (χ2v) is 11.7. The molecule has 2 aromatic heterocycles. The molecule has 11 nitrogen and oxygen atoms in total. The molecule has 250 valence electrons. The molecule has 2 heterocycles. The first-order valence-corrected chi connectivity index (χ1v) is 16.0. The minimum Gasteiger partial charge on any atom is -0.444 e. The number of unbranched alkanes of at least 4 members (excludes halogenated alkanes) is 1. The number of hydrogen-bond donors (Lipinski definition) is 1. The van der Waals surface area contributed by atoms with Crippen molar-refractivity contribution in [2.75, 3.05) is 16.9 Å². The van der Waals surface area contributed by atoms with Gasteiger partial charge in [0.05, 0.1) is 18.5 Å². The van der Waals surface area contributed by atoms with Gasteiger partial charge in [0.2, 0.25) is 16.9 Å². The van der Waals surface area contributed by atoms with Crippen molar-refractivity contribution in [1.29, 1.82) is 0 Å². The van der Waals surface area contributed by atoms with E-state index in [-0.39, 0.29) is 43.7 Å². The number of ether oxygens (including phenoxy) is 2. The van der Waals surface area contributed by atoms with Crippen molar-refractivity contribution < 1.29 is 37.0 Å². The molecule has 3 aromatic rings. The summed E-state index contributed by atoms with van der Waals surface area (Å²) in [5, 5.41) is 20.3. The van der Waals surface area contributed by atoms with Crippen LogP contribution in [0.15, 0.2) is 60.2 Å². The molecule has 4 rings (SSSR count). The molecular formula is C32H35F3N6O5S. The number of hydrogen-bond acceptors (Lipinski definition) is 10. The summed E-state index contributed by atoms with van der Waals surface area (Å²) in [7, 11) is 0. The molecule has 1 N–H and O–H groups in total. The molecule has 1 aliphatic rings. The van der Waals surface area contributed by atoms with E-state index in [1.807, 2.05) is 25.2 Å². The molecule has 15 heteroatoms. The van der Waals surface area contributed by atoms with Gasteiger partial charge < -0.3 is 14.8 Å². The van der Waals surface area contributed by atoms with E-state index in [0.29, 0.717) is 30.0 Å². The molecular weight excluding hydrogens is 637 g/mol. The van der Waals surface area contributed by atoms with Crippen molar-refractivity contribution in [3.05, 3.63) is 76.5 Å². The van der Waals surface area contributed by atoms with Crippen LogP contribution >= 0.6 is 11.3 Å². The molecule has 1 aromatic carbocycles. The van der Waals surface area contributed by atoms with Crippen molar-refractivity contribution in [2.45, 2.75) is 77.5 Å². The number of anilines is 2. The summed E-state index contributed by atoms with van der Waals surface area (Å²) in [5.74, 6) is -1.25. The summed E-state index contributed by atoms with van der Waals surface area (Å²) in [6, 6.07) is 8.56. The van der Waals surface area contributed by atoms with E-state index in [4.69, 9.17) is 4.74 Å². The number of carbonyl (C=O) groups is 3. The van der Waals surface area contributed by atoms with Crippen LogP contribution in [-0.4, -0.2) is 51.3 Å². The van der Waals surface area contributed by atoms with Crippen LogP contribution in [0.2, 0.25) is 0 Å². The fraction of sp³-hybridized carbons (Fsp3) is 0.406. The molecule has 0 radical (unpaired) electrons. The molecule has 47 heavy (non-hydrogen) atoms. The van der Waals surface area contributed by atoms with Gasteiger partial charge >= 0.3 is 12.3 Å². The van der Waals surface area contributed by atoms with Gasteiger partial charge in [0.1, 0.15) is 10.8 Å². The van der Waals surface area contributed by atoms with Gasteiger partial charge in [-0.3, -0.25) is 19.3 Å². The van der Waals surface area contributed by atoms with Crippen LogP contribution in [0.1, 0.15) is 68.1 Å². The van der Waals surface area contributed by atoms with Gasteiger partial charge in [0, 0.05) is 12.8 Å². The Morgan fingerprint density at radius 2 is 1.83 bits per heavy atom. The molecule has 0 aliphatic heterocycles. The summed E-state index contributed by atoms with van der Waals surface area (Å²) < 4.78 is 46.6. The summed E-state index contributed by atoms with van der Waals surface area (Å²) in [6.07, 6.45) is 6.70. The van der Waals surface area contributed by atoms with Gasteiger partial charge in [-0.2, -0.15) is 5.10 Å². The number of alkyl halides is 3. The lowest BCUT2D eigenvalue weighted by Gasteiger charge is -2.20. The van der Waals surface area contributed by atoms with E-state index >= 15 is 0 Å². The Morgan fingerprint density at radius 1 is 1.00 bits per heavy atom. The third-order valence-corrected chi connectivity index (χ3v) is 7.79. The lowest BCUT2D eigenvalue weighted by atomic mass is 10.0. The van der Waals surface area contributed by atoms with E-state index < -0.39 is 18.0 Å². The van der Waals surface area contributed by atoms with Crippen molar-refractivity contribution in [3.63, 3.8) is 0 Å². The topological polar surface area (TPSA) is 136 Å². The normalized spacial score (nSPS) is 12.7. The standard InChI is InChI=1S/C32H35F3N6O5S/c1-2-9-30(44)45-21-41(29(43)20-22-10-4-3-5-11-22)31-40-39-28(47-31)15-7-6-13-24-16-17-26(38-37-24)36-27(42)19-23-12-8-14-25(18-23)46-32(33,34)35/h4,8,10-12,14,16-18H,2-3,5-7,9,13,15,19-21H2,1H3,(H,36,38,42). The van der Waals surface area contributed by atoms with E-state index in [1.54, 1.807) is 12.1 Å². The first-order chi connectivity index (χ1) is 22.6. The zero-order chi connectivity index (χ0) is 33.6. The smallest absolute Gasteiger partial charge is 0.444 e. The molecule has 0 bridgehead atoms. The third kappa shape index (κ3) is 12.2. The fourth-order valence-corrected chi connectivity index (χ4v) is 5.42. The molecule has 0 saturated carbocycles. The Labute approximate surface area is 273 Å². The van der Waals surface area contributed by atoms with Crippen molar-refractivity contribution in [1.82, 2.24) is 20.4 Å². The Bertz CT molecular complexity index is 1580. The van der Waals surface area contributed by atoms with Crippen LogP contribution in [0.4, 0.5) is 24.1 Å². The van der Waals surface area contributed by atoms with Gasteiger partial charge in [-0.05, 0) is 73.9 Å². The predicted octanol–water partition coefficient (Wildman–Crippen LogP) is 6.27. The largest absolute Gasteiger partial charge is 0.573 e. The SMILES string of the molecule is CCCC(=O)OCN(C(=O)CC1=CCCC=C1)c1nnc(CCCCc2ccc(NC(=O)Cc3cccc(OC(F)(F)F)c3)nn2)s1. The highest BCUT2D eigenvalue weighted by Crippen LogP contribution is 2.25. The number of allylic oxidation sites excluding steroid dienone is 3. The highest BCUT2D eigenvalue weighted by Gasteiger charge is 2.31. The highest BCUT2D eigenvalue weighted by molar-refractivity contribution is 7.15. The van der Waals surface area contributed by atoms with Crippen LogP contribution < -0.4 is 15.0 Å². The number of benzene rings is 1. The molecule has 0 saturated heterocycles. The lowest BCUT2D eigenvalue weighted by molar-refractivity contribution is -0.274. The van der Waals surface area contributed by atoms with Crippen LogP contribution in [0.5, 0.6) is 5.75 Å². The number of aromatic nitrogens is 4. The number of halogens is 3. The summed E-state index contributed by atoms with van der Waals surface area (Å²) in [5.41, 5.74) is 1.98. The zero-order valence-electron chi connectivity index (χ0n) is 25.8. The second kappa shape index (κ2) is 17.3. The number of carbonyl (C=O) groups excluding carboxylic acids is 3. The van der Waals surface area contributed by atoms with Crippen molar-refractivity contribution in [2.24, 2.45) is 0 Å². The molecule has 2 amide bonds. The summed E-state index contributed by atoms with van der Waals surface area (Å²) in [6.45, 7) is 1.66. The Morgan fingerprint density at radius 3 is 2.55 bits per heavy atom. The van der Waals surface area contributed by atoms with Crippen LogP contribution in [-0.2, 0) is 38.4 Å². The van der Waals surface area contributed by atoms with Gasteiger partial charge in [-0.25, -0.2) is 0 Å². The third-order valence-electron chi connectivity index (χ3n) is 6.78. The predicted molar refractivity (Wildman–Crippen MR) is 168 cm³/mol. The van der Waals surface area contributed by atoms with Crippen LogP contribution in [0.3, 0.4) is 0 Å². The average molecular weight is 673 g/mol. The van der Waals surface area contributed by atoms with Gasteiger partial charge in [-0.15, -0.1) is 28.5 Å². The van der Waals surface area contributed by atoms with Gasteiger partial charge in [0.15, 0.2) is 12.5 Å². The molecule has 0 spiro atoms. The maximum Gasteiger partial charge on any atom is 0.573 e. The van der Waals surface area contributed by atoms with Crippen LogP contribution in [0, 0.1) is 0 Å². The lowest BCUT2D eigenvalue weighted by Crippen LogP contribution is -2.34. The minimum absolute atomic E-state index is 0.169. The molecule has 1 aliphatic carbocycles. The maximum atomic E-state index is 13.2. The van der Waals surface area contributed by atoms with Crippen molar-refractivity contribution >= 4 is 40.1 Å². The van der Waals surface area contributed by atoms with Gasteiger partial charge in [0.25, 0.3) is 0 Å². The Kier molecular flexibility index (Phi) is 13.0. The number of rotatable bonds is 16. The minimum atomic E-state index is -4.82. The number of aryl methyl sites for hydroxylation is 2. The van der Waals surface area contributed by atoms with Crippen LogP contribution in [0.25, 0.3) is 0 Å². The summed E-state index contributed by atoms with van der Waals surface area (Å²) in [4.78, 5) is 38.9. The van der Waals surface area contributed by atoms with E-state index in [0.717, 1.165) is 54.1 Å². The van der Waals surface area contributed by atoms with E-state index in [1.165, 1.54) is 28.4 Å². The Balaban J connectivity index is 1.23. The average Bonchev–Trinajstić information content (AvgIpc) is 3.48. The zero-order valence-corrected chi connectivity index (χ0v) is 26.6. The number of nitrogens with one attached hydrogen (secondary N) is 1. The van der Waals surface area contributed by atoms with Gasteiger partial charge in [-0.1, -0.05) is 48.6 Å². The molecule has 0 unspecified atom stereocenters. The van der Waals surface area contributed by atoms with E-state index in [9.17, 15) is 27.6 Å². The Hall–Kier alpha value is -4.66. The monoisotopic (exact) mass is 672 g/mol. The second-order valence-electron chi connectivity index (χ2n) is 10.7. The number of esters is 1.